The number of carbonyl (C=O) groups excluding carboxylic acids is 1. The van der Waals surface area contributed by atoms with Gasteiger partial charge in [-0.2, -0.15) is 0 Å². The standard InChI is InChI=1S/C19H25FN2O2.ClH/c1-3-19(4-2,13-21)22-18(23)12-10-14-9-11-17(24-14)15-7-5-6-8-16(15)20;/h5-9,11H,3-4,10,12-13,21H2,1-2H3,(H,22,23);1H. The predicted octanol–water partition coefficient (Wildman–Crippen LogP) is 4.07. The molecule has 2 aromatic rings. The van der Waals surface area contributed by atoms with Crippen LogP contribution in [0, 0.1) is 5.82 Å². The lowest BCUT2D eigenvalue weighted by atomic mass is 9.92. The Morgan fingerprint density at radius 2 is 1.88 bits per heavy atom. The van der Waals surface area contributed by atoms with Crippen LogP contribution < -0.4 is 11.1 Å². The first-order chi connectivity index (χ1) is 11.5. The van der Waals surface area contributed by atoms with E-state index in [1.54, 1.807) is 30.3 Å². The normalized spacial score (nSPS) is 11.0. The second-order valence-corrected chi connectivity index (χ2v) is 5.99. The van der Waals surface area contributed by atoms with E-state index in [4.69, 9.17) is 10.2 Å². The predicted molar refractivity (Wildman–Crippen MR) is 100 cm³/mol. The molecule has 6 heteroatoms. The Bertz CT molecular complexity index is 675. The summed E-state index contributed by atoms with van der Waals surface area (Å²) in [5, 5.41) is 3.03. The van der Waals surface area contributed by atoms with Crippen molar-refractivity contribution in [2.45, 2.75) is 45.1 Å². The first-order valence-corrected chi connectivity index (χ1v) is 8.38. The van der Waals surface area contributed by atoms with Crippen LogP contribution in [0.5, 0.6) is 0 Å². The minimum atomic E-state index is -0.335. The number of aryl methyl sites for hydroxylation is 1. The maximum atomic E-state index is 13.8. The number of furan rings is 1. The SMILES string of the molecule is CCC(CC)(CN)NC(=O)CCc1ccc(-c2ccccc2F)o1.Cl. The summed E-state index contributed by atoms with van der Waals surface area (Å²) in [7, 11) is 0. The molecule has 0 aliphatic carbocycles. The number of benzene rings is 1. The van der Waals surface area contributed by atoms with Crippen molar-refractivity contribution in [2.24, 2.45) is 5.73 Å². The van der Waals surface area contributed by atoms with Gasteiger partial charge in [-0.1, -0.05) is 26.0 Å². The number of nitrogens with one attached hydrogen (secondary N) is 1. The average Bonchev–Trinajstić information content (AvgIpc) is 3.07. The lowest BCUT2D eigenvalue weighted by molar-refractivity contribution is -0.123. The Kier molecular flexibility index (Phi) is 8.13. The van der Waals surface area contributed by atoms with E-state index >= 15 is 0 Å². The second kappa shape index (κ2) is 9.59. The number of hydrogen-bond donors (Lipinski definition) is 2. The molecule has 3 N–H and O–H groups in total. The molecule has 0 aliphatic rings. The van der Waals surface area contributed by atoms with Gasteiger partial charge in [-0.05, 0) is 37.1 Å². The third-order valence-corrected chi connectivity index (χ3v) is 4.55. The molecule has 0 spiro atoms. The van der Waals surface area contributed by atoms with Crippen molar-refractivity contribution in [2.75, 3.05) is 6.54 Å². The molecular weight excluding hydrogens is 343 g/mol. The summed E-state index contributed by atoms with van der Waals surface area (Å²) in [4.78, 5) is 12.2. The highest BCUT2D eigenvalue weighted by atomic mass is 35.5. The van der Waals surface area contributed by atoms with Gasteiger partial charge < -0.3 is 15.5 Å². The first kappa shape index (κ1) is 21.2. The van der Waals surface area contributed by atoms with Crippen molar-refractivity contribution in [3.05, 3.63) is 48.0 Å². The number of nitrogens with two attached hydrogens (primary N) is 1. The molecule has 0 bridgehead atoms. The molecule has 1 aromatic carbocycles. The largest absolute Gasteiger partial charge is 0.461 e. The quantitative estimate of drug-likeness (QED) is 0.737. The van der Waals surface area contributed by atoms with E-state index in [0.29, 0.717) is 36.5 Å². The molecule has 1 heterocycles. The van der Waals surface area contributed by atoms with Gasteiger partial charge in [0.25, 0.3) is 0 Å². The number of carbonyl (C=O) groups is 1. The minimum absolute atomic E-state index is 0. The Morgan fingerprint density at radius 1 is 1.20 bits per heavy atom. The van der Waals surface area contributed by atoms with E-state index in [-0.39, 0.29) is 29.7 Å². The molecule has 0 unspecified atom stereocenters. The fourth-order valence-electron chi connectivity index (χ4n) is 2.68. The molecule has 138 valence electrons. The molecule has 1 aromatic heterocycles. The number of hydrogen-bond acceptors (Lipinski definition) is 3. The van der Waals surface area contributed by atoms with Crippen molar-refractivity contribution >= 4 is 18.3 Å². The van der Waals surface area contributed by atoms with Crippen LogP contribution >= 0.6 is 12.4 Å². The van der Waals surface area contributed by atoms with Gasteiger partial charge in [-0.15, -0.1) is 12.4 Å². The van der Waals surface area contributed by atoms with E-state index in [1.165, 1.54) is 6.07 Å². The van der Waals surface area contributed by atoms with Crippen LogP contribution in [0.25, 0.3) is 11.3 Å². The van der Waals surface area contributed by atoms with Gasteiger partial charge in [0, 0.05) is 19.4 Å². The van der Waals surface area contributed by atoms with Gasteiger partial charge in [-0.3, -0.25) is 4.79 Å². The summed E-state index contributed by atoms with van der Waals surface area (Å²) in [6.07, 6.45) is 2.37. The molecule has 2 rings (SSSR count). The van der Waals surface area contributed by atoms with Gasteiger partial charge in [0.15, 0.2) is 0 Å². The van der Waals surface area contributed by atoms with E-state index in [2.05, 4.69) is 5.32 Å². The summed E-state index contributed by atoms with van der Waals surface area (Å²) < 4.78 is 19.4. The Labute approximate surface area is 154 Å². The lowest BCUT2D eigenvalue weighted by Gasteiger charge is -2.31. The molecule has 0 atom stereocenters. The summed E-state index contributed by atoms with van der Waals surface area (Å²) in [6.45, 7) is 4.46. The fraction of sp³-hybridized carbons (Fsp3) is 0.421. The molecule has 1 amide bonds. The van der Waals surface area contributed by atoms with Crippen LogP contribution in [0.1, 0.15) is 38.9 Å². The zero-order chi connectivity index (χ0) is 17.6. The number of amides is 1. The highest BCUT2D eigenvalue weighted by Crippen LogP contribution is 2.25. The summed E-state index contributed by atoms with van der Waals surface area (Å²) in [6, 6.07) is 9.97. The highest BCUT2D eigenvalue weighted by molar-refractivity contribution is 5.85. The van der Waals surface area contributed by atoms with Gasteiger partial charge >= 0.3 is 0 Å². The molecule has 0 fully saturated rings. The van der Waals surface area contributed by atoms with Crippen LogP contribution in [0.3, 0.4) is 0 Å². The van der Waals surface area contributed by atoms with Crippen LogP contribution in [-0.2, 0) is 11.2 Å². The van der Waals surface area contributed by atoms with Crippen LogP contribution in [0.4, 0.5) is 4.39 Å². The molecule has 0 radical (unpaired) electrons. The molecule has 0 aliphatic heterocycles. The lowest BCUT2D eigenvalue weighted by Crippen LogP contribution is -2.52. The van der Waals surface area contributed by atoms with Gasteiger partial charge in [-0.25, -0.2) is 4.39 Å². The average molecular weight is 369 g/mol. The van der Waals surface area contributed by atoms with Crippen molar-refractivity contribution in [3.63, 3.8) is 0 Å². The van der Waals surface area contributed by atoms with Gasteiger partial charge in [0.1, 0.15) is 17.3 Å². The third-order valence-electron chi connectivity index (χ3n) is 4.55. The van der Waals surface area contributed by atoms with Crippen LogP contribution in [0.15, 0.2) is 40.8 Å². The molecule has 25 heavy (non-hydrogen) atoms. The van der Waals surface area contributed by atoms with Crippen molar-refractivity contribution in [1.29, 1.82) is 0 Å². The second-order valence-electron chi connectivity index (χ2n) is 5.99. The zero-order valence-electron chi connectivity index (χ0n) is 14.7. The van der Waals surface area contributed by atoms with Gasteiger partial charge in [0.05, 0.1) is 11.1 Å². The van der Waals surface area contributed by atoms with Crippen LogP contribution in [0.2, 0.25) is 0 Å². The molecular formula is C19H26ClFN2O2. The Hall–Kier alpha value is -1.85. The molecule has 0 saturated carbocycles. The first-order valence-electron chi connectivity index (χ1n) is 8.38. The molecule has 0 saturated heterocycles. The summed E-state index contributed by atoms with van der Waals surface area (Å²) in [5.74, 6) is 0.763. The van der Waals surface area contributed by atoms with E-state index < -0.39 is 0 Å². The smallest absolute Gasteiger partial charge is 0.220 e. The maximum absolute atomic E-state index is 13.8. The summed E-state index contributed by atoms with van der Waals surface area (Å²) in [5.41, 5.74) is 5.89. The third kappa shape index (κ3) is 5.31. The Balaban J connectivity index is 0.00000312. The zero-order valence-corrected chi connectivity index (χ0v) is 15.5. The van der Waals surface area contributed by atoms with E-state index in [9.17, 15) is 9.18 Å². The minimum Gasteiger partial charge on any atom is -0.461 e. The van der Waals surface area contributed by atoms with E-state index in [1.807, 2.05) is 13.8 Å². The monoisotopic (exact) mass is 368 g/mol. The van der Waals surface area contributed by atoms with Crippen molar-refractivity contribution in [1.82, 2.24) is 5.32 Å². The highest BCUT2D eigenvalue weighted by Gasteiger charge is 2.26. The number of halogens is 2. The topological polar surface area (TPSA) is 68.3 Å². The van der Waals surface area contributed by atoms with Crippen molar-refractivity contribution < 1.29 is 13.6 Å². The Morgan fingerprint density at radius 3 is 2.48 bits per heavy atom. The van der Waals surface area contributed by atoms with E-state index in [0.717, 1.165) is 12.8 Å². The number of rotatable bonds is 8. The van der Waals surface area contributed by atoms with Gasteiger partial charge in [0.2, 0.25) is 5.91 Å². The molecule has 4 nitrogen and oxygen atoms in total. The van der Waals surface area contributed by atoms with Crippen LogP contribution in [-0.4, -0.2) is 18.0 Å². The maximum Gasteiger partial charge on any atom is 0.220 e. The van der Waals surface area contributed by atoms with Crippen molar-refractivity contribution in [3.8, 4) is 11.3 Å². The fourth-order valence-corrected chi connectivity index (χ4v) is 2.68. The summed E-state index contributed by atoms with van der Waals surface area (Å²) >= 11 is 0.